The first-order valence-electron chi connectivity index (χ1n) is 9.00. The lowest BCUT2D eigenvalue weighted by Crippen LogP contribution is -2.13. The van der Waals surface area contributed by atoms with Gasteiger partial charge in [-0.1, -0.05) is 59.6 Å². The van der Waals surface area contributed by atoms with Crippen LogP contribution in [0.2, 0.25) is 5.02 Å². The second kappa shape index (κ2) is 9.59. The van der Waals surface area contributed by atoms with Crippen molar-refractivity contribution in [1.82, 2.24) is 0 Å². The van der Waals surface area contributed by atoms with Crippen LogP contribution in [0.5, 0.6) is 5.75 Å². The van der Waals surface area contributed by atoms with Gasteiger partial charge in [-0.25, -0.2) is 0 Å². The molecular weight excluding hydrogens is 384 g/mol. The lowest BCUT2D eigenvalue weighted by molar-refractivity contribution is -0.112. The third-order valence-electron chi connectivity index (χ3n) is 4.14. The first-order valence-corrected chi connectivity index (χ1v) is 9.38. The second-order valence-electron chi connectivity index (χ2n) is 6.48. The van der Waals surface area contributed by atoms with Crippen molar-refractivity contribution in [2.45, 2.75) is 13.5 Å². The summed E-state index contributed by atoms with van der Waals surface area (Å²) in [5, 5.41) is 12.6. The number of carbonyl (C=O) groups is 1. The number of nitrogens with zero attached hydrogens (tertiary/aromatic N) is 1. The molecule has 0 unspecified atom stereocenters. The molecule has 29 heavy (non-hydrogen) atoms. The van der Waals surface area contributed by atoms with Crippen molar-refractivity contribution in [2.75, 3.05) is 5.32 Å². The molecule has 0 fully saturated rings. The van der Waals surface area contributed by atoms with E-state index in [1.54, 1.807) is 30.3 Å². The Morgan fingerprint density at radius 1 is 1.10 bits per heavy atom. The zero-order chi connectivity index (χ0) is 20.6. The number of hydrogen-bond donors (Lipinski definition) is 1. The van der Waals surface area contributed by atoms with Crippen LogP contribution >= 0.6 is 11.6 Å². The third-order valence-corrected chi connectivity index (χ3v) is 4.38. The van der Waals surface area contributed by atoms with Crippen LogP contribution in [0.15, 0.2) is 78.4 Å². The zero-order valence-corrected chi connectivity index (χ0v) is 16.6. The quantitative estimate of drug-likeness (QED) is 0.420. The number of amides is 1. The van der Waals surface area contributed by atoms with Gasteiger partial charge >= 0.3 is 0 Å². The Kier molecular flexibility index (Phi) is 6.67. The summed E-state index contributed by atoms with van der Waals surface area (Å²) >= 11 is 5.93. The molecule has 0 heterocycles. The van der Waals surface area contributed by atoms with Gasteiger partial charge in [-0.3, -0.25) is 4.79 Å². The molecule has 0 spiro atoms. The highest BCUT2D eigenvalue weighted by Crippen LogP contribution is 2.19. The highest BCUT2D eigenvalue weighted by atomic mass is 35.5. The van der Waals surface area contributed by atoms with E-state index in [0.717, 1.165) is 5.56 Å². The topological polar surface area (TPSA) is 62.1 Å². The maximum absolute atomic E-state index is 12.4. The van der Waals surface area contributed by atoms with Crippen molar-refractivity contribution in [3.05, 3.63) is 100 Å². The lowest BCUT2D eigenvalue weighted by atomic mass is 10.1. The maximum Gasteiger partial charge on any atom is 0.266 e. The molecule has 0 radical (unpaired) electrons. The van der Waals surface area contributed by atoms with Crippen LogP contribution < -0.4 is 10.1 Å². The maximum atomic E-state index is 12.4. The SMILES string of the molecule is Cc1ccc(COc2cccc(/C=C(\C#N)C(=O)Nc3cccc(Cl)c3)c2)cc1. The number of nitrogens with one attached hydrogen (secondary N) is 1. The number of ether oxygens (including phenoxy) is 1. The minimum Gasteiger partial charge on any atom is -0.489 e. The van der Waals surface area contributed by atoms with Gasteiger partial charge in [0.15, 0.2) is 0 Å². The van der Waals surface area contributed by atoms with E-state index >= 15 is 0 Å². The number of aryl methyl sites for hydroxylation is 1. The largest absolute Gasteiger partial charge is 0.489 e. The van der Waals surface area contributed by atoms with E-state index in [1.807, 2.05) is 55.5 Å². The molecule has 0 aliphatic carbocycles. The van der Waals surface area contributed by atoms with Crippen molar-refractivity contribution < 1.29 is 9.53 Å². The van der Waals surface area contributed by atoms with Crippen molar-refractivity contribution in [2.24, 2.45) is 0 Å². The molecule has 5 heteroatoms. The fourth-order valence-corrected chi connectivity index (χ4v) is 2.82. The van der Waals surface area contributed by atoms with Gasteiger partial charge in [0.05, 0.1) is 0 Å². The molecule has 3 rings (SSSR count). The Hall–Kier alpha value is -3.55. The number of anilines is 1. The van der Waals surface area contributed by atoms with Crippen LogP contribution in [0.25, 0.3) is 6.08 Å². The molecule has 3 aromatic carbocycles. The van der Waals surface area contributed by atoms with Crippen LogP contribution in [-0.4, -0.2) is 5.91 Å². The Morgan fingerprint density at radius 3 is 2.59 bits per heavy atom. The van der Waals surface area contributed by atoms with Gasteiger partial charge in [-0.2, -0.15) is 5.26 Å². The molecule has 1 N–H and O–H groups in total. The lowest BCUT2D eigenvalue weighted by Gasteiger charge is -2.08. The van der Waals surface area contributed by atoms with Gasteiger partial charge in [0.25, 0.3) is 5.91 Å². The summed E-state index contributed by atoms with van der Waals surface area (Å²) in [6.07, 6.45) is 1.53. The molecule has 0 aliphatic rings. The van der Waals surface area contributed by atoms with E-state index in [4.69, 9.17) is 16.3 Å². The number of hydrogen-bond acceptors (Lipinski definition) is 3. The van der Waals surface area contributed by atoms with Crippen LogP contribution in [0, 0.1) is 18.3 Å². The van der Waals surface area contributed by atoms with Gasteiger partial charge in [0, 0.05) is 10.7 Å². The van der Waals surface area contributed by atoms with E-state index in [1.165, 1.54) is 11.6 Å². The predicted molar refractivity (Wildman–Crippen MR) is 116 cm³/mol. The fraction of sp³-hybridized carbons (Fsp3) is 0.0833. The summed E-state index contributed by atoms with van der Waals surface area (Å²) in [7, 11) is 0. The minimum atomic E-state index is -0.499. The molecular formula is C24H19ClN2O2. The molecule has 3 aromatic rings. The normalized spacial score (nSPS) is 10.9. The standard InChI is InChI=1S/C24H19ClN2O2/c1-17-8-10-18(11-9-17)16-29-23-7-2-4-19(13-23)12-20(15-26)24(28)27-22-6-3-5-21(25)14-22/h2-14H,16H2,1H3,(H,27,28)/b20-12+. The van der Waals surface area contributed by atoms with Crippen LogP contribution in [0.3, 0.4) is 0 Å². The summed E-state index contributed by atoms with van der Waals surface area (Å²) in [6.45, 7) is 2.48. The van der Waals surface area contributed by atoms with Gasteiger partial charge in [0.2, 0.25) is 0 Å². The number of rotatable bonds is 6. The van der Waals surface area contributed by atoms with Crippen molar-refractivity contribution in [3.63, 3.8) is 0 Å². The Labute approximate surface area is 175 Å². The number of carbonyl (C=O) groups excluding carboxylic acids is 1. The van der Waals surface area contributed by atoms with Gasteiger partial charge in [-0.15, -0.1) is 0 Å². The molecule has 0 atom stereocenters. The molecule has 0 bridgehead atoms. The molecule has 0 aromatic heterocycles. The summed E-state index contributed by atoms with van der Waals surface area (Å²) in [5.41, 5.74) is 3.47. The zero-order valence-electron chi connectivity index (χ0n) is 15.9. The Balaban J connectivity index is 1.70. The summed E-state index contributed by atoms with van der Waals surface area (Å²) < 4.78 is 5.83. The minimum absolute atomic E-state index is 0.0133. The van der Waals surface area contributed by atoms with Gasteiger partial charge in [-0.05, 0) is 54.5 Å². The van der Waals surface area contributed by atoms with Crippen LogP contribution in [-0.2, 0) is 11.4 Å². The fourth-order valence-electron chi connectivity index (χ4n) is 2.63. The number of benzene rings is 3. The summed E-state index contributed by atoms with van der Waals surface area (Å²) in [4.78, 5) is 12.4. The highest BCUT2D eigenvalue weighted by molar-refractivity contribution is 6.31. The summed E-state index contributed by atoms with van der Waals surface area (Å²) in [5.74, 6) is 0.160. The average molecular weight is 403 g/mol. The molecule has 0 aliphatic heterocycles. The number of halogens is 1. The Bertz CT molecular complexity index is 1080. The van der Waals surface area contributed by atoms with E-state index in [0.29, 0.717) is 28.6 Å². The molecule has 4 nitrogen and oxygen atoms in total. The molecule has 0 saturated carbocycles. The smallest absolute Gasteiger partial charge is 0.266 e. The van der Waals surface area contributed by atoms with Gasteiger partial charge in [0.1, 0.15) is 24.0 Å². The van der Waals surface area contributed by atoms with Crippen molar-refractivity contribution in [3.8, 4) is 11.8 Å². The average Bonchev–Trinajstić information content (AvgIpc) is 2.72. The van der Waals surface area contributed by atoms with E-state index < -0.39 is 5.91 Å². The van der Waals surface area contributed by atoms with Crippen LogP contribution in [0.4, 0.5) is 5.69 Å². The monoisotopic (exact) mass is 402 g/mol. The first kappa shape index (κ1) is 20.2. The summed E-state index contributed by atoms with van der Waals surface area (Å²) in [6, 6.07) is 24.1. The van der Waals surface area contributed by atoms with Crippen molar-refractivity contribution in [1.29, 1.82) is 5.26 Å². The second-order valence-corrected chi connectivity index (χ2v) is 6.92. The van der Waals surface area contributed by atoms with Gasteiger partial charge < -0.3 is 10.1 Å². The molecule has 1 amide bonds. The van der Waals surface area contributed by atoms with Crippen LogP contribution in [0.1, 0.15) is 16.7 Å². The third kappa shape index (κ3) is 5.97. The number of nitriles is 1. The first-order chi connectivity index (χ1) is 14.0. The van der Waals surface area contributed by atoms with E-state index in [-0.39, 0.29) is 5.57 Å². The highest BCUT2D eigenvalue weighted by Gasteiger charge is 2.10. The predicted octanol–water partition coefficient (Wildman–Crippen LogP) is 5.77. The molecule has 144 valence electrons. The van der Waals surface area contributed by atoms with E-state index in [9.17, 15) is 10.1 Å². The van der Waals surface area contributed by atoms with Crippen molar-refractivity contribution >= 4 is 29.3 Å². The Morgan fingerprint density at radius 2 is 1.86 bits per heavy atom. The van der Waals surface area contributed by atoms with E-state index in [2.05, 4.69) is 5.32 Å². The molecule has 0 saturated heterocycles.